The Labute approximate surface area is 222 Å². The number of methoxy groups -OCH3 is 1. The maximum atomic E-state index is 14.4. The molecule has 0 heterocycles. The van der Waals surface area contributed by atoms with E-state index in [2.05, 4.69) is 27.7 Å². The average Bonchev–Trinajstić information content (AvgIpc) is 2.83. The zero-order chi connectivity index (χ0) is 27.4. The highest BCUT2D eigenvalue weighted by molar-refractivity contribution is 6.02. The van der Waals surface area contributed by atoms with E-state index in [9.17, 15) is 19.5 Å². The van der Waals surface area contributed by atoms with E-state index in [-0.39, 0.29) is 51.5 Å². The molecule has 0 aromatic rings. The number of carbonyl (C=O) groups excluding carboxylic acids is 3. The topological polar surface area (TPSA) is 80.7 Å². The second-order valence-electron chi connectivity index (χ2n) is 15.1. The molecule has 0 aromatic carbocycles. The van der Waals surface area contributed by atoms with E-state index in [1.165, 1.54) is 12.7 Å². The Morgan fingerprint density at radius 1 is 1.00 bits per heavy atom. The lowest BCUT2D eigenvalue weighted by molar-refractivity contribution is -0.183. The van der Waals surface area contributed by atoms with E-state index in [1.54, 1.807) is 0 Å². The molecular weight excluding hydrogens is 464 g/mol. The quantitative estimate of drug-likeness (QED) is 0.239. The van der Waals surface area contributed by atoms with Crippen molar-refractivity contribution in [3.63, 3.8) is 0 Å². The van der Waals surface area contributed by atoms with Crippen LogP contribution in [-0.2, 0) is 19.1 Å². The number of allylic oxidation sites excluding steroid dienone is 3. The van der Waals surface area contributed by atoms with Crippen molar-refractivity contribution in [2.24, 2.45) is 50.2 Å². The highest BCUT2D eigenvalue weighted by Gasteiger charge is 2.70. The lowest BCUT2D eigenvalue weighted by atomic mass is 9.33. The molecule has 4 fully saturated rings. The number of hydrogen-bond acceptors (Lipinski definition) is 5. The van der Waals surface area contributed by atoms with Crippen LogP contribution in [0.2, 0.25) is 0 Å². The van der Waals surface area contributed by atoms with Gasteiger partial charge in [-0.2, -0.15) is 0 Å². The molecule has 1 N–H and O–H groups in total. The molecule has 0 bridgehead atoms. The summed E-state index contributed by atoms with van der Waals surface area (Å²) in [6.45, 7) is 15.3. The number of aliphatic hydroxyl groups is 1. The van der Waals surface area contributed by atoms with Gasteiger partial charge in [-0.15, -0.1) is 0 Å². The molecule has 204 valence electrons. The largest absolute Gasteiger partial charge is 0.515 e. The predicted octanol–water partition coefficient (Wildman–Crippen LogP) is 6.76. The van der Waals surface area contributed by atoms with Crippen LogP contribution >= 0.6 is 0 Å². The molecule has 5 nitrogen and oxygen atoms in total. The maximum Gasteiger partial charge on any atom is 0.311 e. The third-order valence-electron chi connectivity index (χ3n) is 13.0. The molecule has 0 aromatic heterocycles. The van der Waals surface area contributed by atoms with Crippen LogP contribution in [0.4, 0.5) is 0 Å². The summed E-state index contributed by atoms with van der Waals surface area (Å²) in [5.74, 6) is 0.106. The van der Waals surface area contributed by atoms with Gasteiger partial charge in [-0.3, -0.25) is 14.4 Å². The van der Waals surface area contributed by atoms with Crippen LogP contribution in [0.1, 0.15) is 99.8 Å². The molecular formula is C32H46O5. The number of fused-ring (bicyclic) bond motifs is 7. The Bertz CT molecular complexity index is 1130. The highest BCUT2D eigenvalue weighted by atomic mass is 16.5. The summed E-state index contributed by atoms with van der Waals surface area (Å²) in [6.07, 6.45) is 9.87. The Morgan fingerprint density at radius 2 is 1.65 bits per heavy atom. The first kappa shape index (κ1) is 26.7. The number of rotatable bonds is 1. The van der Waals surface area contributed by atoms with Gasteiger partial charge in [0.1, 0.15) is 0 Å². The standard InChI is InChI=1S/C32H46O5/c1-27(2)23-9-10-32(7)24(30(23,5)16-19(18-33)25(27)35)22(34)15-20-21-17-29(4,26(36)37-8)12-11-28(21,3)13-14-31(20,32)6/h15,18,21,23-24,33H,9-14,16-17H2,1-8H3/b19-18-/t21-,23-,24+,28+,29-,30-,31+,32+/m0/s1. The molecule has 37 heavy (non-hydrogen) atoms. The van der Waals surface area contributed by atoms with Crippen LogP contribution in [0.3, 0.4) is 0 Å². The molecule has 0 saturated heterocycles. The number of carbonyl (C=O) groups is 3. The number of ketones is 2. The molecule has 0 radical (unpaired) electrons. The molecule has 0 amide bonds. The monoisotopic (exact) mass is 510 g/mol. The lowest BCUT2D eigenvalue weighted by Gasteiger charge is -2.70. The van der Waals surface area contributed by atoms with Crippen molar-refractivity contribution in [1.82, 2.24) is 0 Å². The second-order valence-corrected chi connectivity index (χ2v) is 15.1. The van der Waals surface area contributed by atoms with Crippen LogP contribution in [-0.4, -0.2) is 29.8 Å². The van der Waals surface area contributed by atoms with Crippen LogP contribution < -0.4 is 0 Å². The molecule has 5 aliphatic rings. The van der Waals surface area contributed by atoms with Gasteiger partial charge in [0.2, 0.25) is 0 Å². The van der Waals surface area contributed by atoms with Crippen molar-refractivity contribution in [2.45, 2.75) is 99.8 Å². The minimum Gasteiger partial charge on any atom is -0.515 e. The normalized spacial score (nSPS) is 49.8. The van der Waals surface area contributed by atoms with Gasteiger partial charge in [-0.25, -0.2) is 0 Å². The van der Waals surface area contributed by atoms with Crippen molar-refractivity contribution < 1.29 is 24.2 Å². The lowest BCUT2D eigenvalue weighted by Crippen LogP contribution is -2.66. The Balaban J connectivity index is 1.64. The first-order chi connectivity index (χ1) is 17.0. The summed E-state index contributed by atoms with van der Waals surface area (Å²) < 4.78 is 5.24. The van der Waals surface area contributed by atoms with E-state index >= 15 is 0 Å². The van der Waals surface area contributed by atoms with Gasteiger partial charge in [0, 0.05) is 16.9 Å². The molecule has 5 aliphatic carbocycles. The van der Waals surface area contributed by atoms with Gasteiger partial charge in [-0.1, -0.05) is 47.1 Å². The summed E-state index contributed by atoms with van der Waals surface area (Å²) in [4.78, 5) is 40.5. The number of hydrogen-bond donors (Lipinski definition) is 1. The highest BCUT2D eigenvalue weighted by Crippen LogP contribution is 2.75. The van der Waals surface area contributed by atoms with Crippen molar-refractivity contribution in [2.75, 3.05) is 7.11 Å². The predicted molar refractivity (Wildman–Crippen MR) is 143 cm³/mol. The molecule has 4 saturated carbocycles. The summed E-state index contributed by atoms with van der Waals surface area (Å²) >= 11 is 0. The van der Waals surface area contributed by atoms with Crippen LogP contribution in [0, 0.1) is 50.2 Å². The van der Waals surface area contributed by atoms with Crippen LogP contribution in [0.25, 0.3) is 0 Å². The van der Waals surface area contributed by atoms with E-state index < -0.39 is 16.2 Å². The Hall–Kier alpha value is -1.91. The molecule has 5 heteroatoms. The summed E-state index contributed by atoms with van der Waals surface area (Å²) in [7, 11) is 1.48. The smallest absolute Gasteiger partial charge is 0.311 e. The zero-order valence-electron chi connectivity index (χ0n) is 24.1. The molecule has 0 unspecified atom stereocenters. The van der Waals surface area contributed by atoms with Crippen molar-refractivity contribution >= 4 is 17.5 Å². The van der Waals surface area contributed by atoms with E-state index in [1.807, 2.05) is 26.8 Å². The fourth-order valence-electron chi connectivity index (χ4n) is 10.6. The fourth-order valence-corrected chi connectivity index (χ4v) is 10.6. The fraction of sp³-hybridized carbons (Fsp3) is 0.781. The minimum atomic E-state index is -0.620. The van der Waals surface area contributed by atoms with Crippen molar-refractivity contribution in [3.05, 3.63) is 23.5 Å². The first-order valence-electron chi connectivity index (χ1n) is 14.3. The summed E-state index contributed by atoms with van der Waals surface area (Å²) in [5, 5.41) is 10.0. The Kier molecular flexibility index (Phi) is 5.64. The van der Waals surface area contributed by atoms with E-state index in [0.717, 1.165) is 51.2 Å². The van der Waals surface area contributed by atoms with Crippen molar-refractivity contribution in [1.29, 1.82) is 0 Å². The third-order valence-corrected chi connectivity index (χ3v) is 13.0. The molecule has 0 spiro atoms. The van der Waals surface area contributed by atoms with E-state index in [4.69, 9.17) is 4.74 Å². The maximum absolute atomic E-state index is 14.4. The van der Waals surface area contributed by atoms with E-state index in [0.29, 0.717) is 12.0 Å². The minimum absolute atomic E-state index is 0.0181. The number of ether oxygens (including phenoxy) is 1. The Morgan fingerprint density at radius 3 is 2.27 bits per heavy atom. The molecule has 0 aliphatic heterocycles. The first-order valence-corrected chi connectivity index (χ1v) is 14.3. The summed E-state index contributed by atoms with van der Waals surface area (Å²) in [6, 6.07) is 0. The van der Waals surface area contributed by atoms with Gasteiger partial charge in [0.15, 0.2) is 11.6 Å². The second kappa shape index (κ2) is 7.82. The van der Waals surface area contributed by atoms with Crippen molar-refractivity contribution in [3.8, 4) is 0 Å². The van der Waals surface area contributed by atoms with Gasteiger partial charge in [-0.05, 0) is 97.9 Å². The SMILES string of the molecule is COC(=O)[C@@]1(C)CC[C@]2(C)CC[C@]3(C)C(=CC(=O)[C@@H]4[C@@]5(C)C/C(=C/O)C(=O)C(C)(C)[C@@H]5CC[C@]43C)[C@@H]2C1. The van der Waals surface area contributed by atoms with Gasteiger partial charge in [0.05, 0.1) is 18.8 Å². The number of esters is 1. The average molecular weight is 511 g/mol. The van der Waals surface area contributed by atoms with Gasteiger partial charge in [0.25, 0.3) is 0 Å². The third kappa shape index (κ3) is 3.18. The van der Waals surface area contributed by atoms with Gasteiger partial charge < -0.3 is 9.84 Å². The number of aliphatic hydroxyl groups excluding tert-OH is 1. The molecule has 8 atom stereocenters. The van der Waals surface area contributed by atoms with Crippen LogP contribution in [0.5, 0.6) is 0 Å². The van der Waals surface area contributed by atoms with Crippen LogP contribution in [0.15, 0.2) is 23.5 Å². The van der Waals surface area contributed by atoms with Gasteiger partial charge >= 0.3 is 5.97 Å². The summed E-state index contributed by atoms with van der Waals surface area (Å²) in [5.41, 5.74) is -0.181. The zero-order valence-corrected chi connectivity index (χ0v) is 24.1. The molecule has 5 rings (SSSR count). The number of Topliss-reactive ketones (excluding diaryl/α,β-unsaturated/α-hetero) is 1.